The van der Waals surface area contributed by atoms with E-state index in [9.17, 15) is 4.79 Å². The normalized spacial score (nSPS) is 21.1. The molecule has 1 atom stereocenters. The van der Waals surface area contributed by atoms with Gasteiger partial charge >= 0.3 is 0 Å². The van der Waals surface area contributed by atoms with E-state index in [1.807, 2.05) is 13.0 Å². The molecule has 1 amide bonds. The summed E-state index contributed by atoms with van der Waals surface area (Å²) >= 11 is 7.71. The van der Waals surface area contributed by atoms with Crippen molar-refractivity contribution in [2.24, 2.45) is 0 Å². The van der Waals surface area contributed by atoms with E-state index in [2.05, 4.69) is 44.3 Å². The molecule has 6 heteroatoms. The van der Waals surface area contributed by atoms with E-state index < -0.39 is 0 Å². The zero-order chi connectivity index (χ0) is 19.6. The summed E-state index contributed by atoms with van der Waals surface area (Å²) in [6, 6.07) is 8.31. The van der Waals surface area contributed by atoms with E-state index in [4.69, 9.17) is 11.6 Å². The van der Waals surface area contributed by atoms with Crippen molar-refractivity contribution in [2.45, 2.75) is 40.3 Å². The first-order valence-corrected chi connectivity index (χ1v) is 10.8. The highest BCUT2D eigenvalue weighted by Gasteiger charge is 2.31. The number of carbonyl (C=O) groups excluding carboxylic acids is 1. The highest BCUT2D eigenvalue weighted by Crippen LogP contribution is 2.22. The van der Waals surface area contributed by atoms with Crippen molar-refractivity contribution in [1.82, 2.24) is 0 Å². The summed E-state index contributed by atoms with van der Waals surface area (Å²) in [5, 5.41) is 3.18. The van der Waals surface area contributed by atoms with E-state index in [0.717, 1.165) is 53.9 Å². The Labute approximate surface area is 171 Å². The molecule has 0 unspecified atom stereocenters. The SMILES string of the molecule is Cc1cc(C)c(NC(=O)[C@H](C)[NH+]2CC[NH+](Cc3ccc(Cl)s3)CC2)c(C)c1. The minimum Gasteiger partial charge on any atom is -0.321 e. The van der Waals surface area contributed by atoms with Crippen LogP contribution < -0.4 is 15.1 Å². The molecule has 1 aromatic carbocycles. The average Bonchev–Trinajstić information content (AvgIpc) is 3.02. The third-order valence-electron chi connectivity index (χ3n) is 5.58. The monoisotopic (exact) mass is 407 g/mol. The van der Waals surface area contributed by atoms with E-state index in [0.29, 0.717) is 0 Å². The van der Waals surface area contributed by atoms with Crippen molar-refractivity contribution in [3.63, 3.8) is 0 Å². The maximum Gasteiger partial charge on any atom is 0.282 e. The van der Waals surface area contributed by atoms with Gasteiger partial charge in [0.05, 0.1) is 9.21 Å². The van der Waals surface area contributed by atoms with E-state index in [1.165, 1.54) is 15.3 Å². The predicted octanol–water partition coefficient (Wildman–Crippen LogP) is 1.64. The highest BCUT2D eigenvalue weighted by molar-refractivity contribution is 7.16. The summed E-state index contributed by atoms with van der Waals surface area (Å²) in [5.74, 6) is 0.119. The largest absolute Gasteiger partial charge is 0.321 e. The quantitative estimate of drug-likeness (QED) is 0.692. The van der Waals surface area contributed by atoms with Crippen LogP contribution in [0.1, 0.15) is 28.5 Å². The van der Waals surface area contributed by atoms with E-state index >= 15 is 0 Å². The Kier molecular flexibility index (Phi) is 6.58. The fourth-order valence-corrected chi connectivity index (χ4v) is 5.18. The molecular formula is C21H30ClN3OS+2. The molecule has 3 N–H and O–H groups in total. The number of amides is 1. The van der Waals surface area contributed by atoms with Gasteiger partial charge in [-0.05, 0) is 51.0 Å². The molecule has 1 aliphatic heterocycles. The van der Waals surface area contributed by atoms with Crippen LogP contribution in [0.2, 0.25) is 4.34 Å². The lowest BCUT2D eigenvalue weighted by molar-refractivity contribution is -1.02. The number of hydrogen-bond donors (Lipinski definition) is 3. The zero-order valence-corrected chi connectivity index (χ0v) is 18.2. The molecule has 0 aliphatic carbocycles. The highest BCUT2D eigenvalue weighted by atomic mass is 35.5. The van der Waals surface area contributed by atoms with Crippen LogP contribution in [0.15, 0.2) is 24.3 Å². The van der Waals surface area contributed by atoms with E-state index in [-0.39, 0.29) is 11.9 Å². The van der Waals surface area contributed by atoms with Gasteiger partial charge in [0.25, 0.3) is 5.91 Å². The number of carbonyl (C=O) groups is 1. The molecule has 1 aliphatic rings. The lowest BCUT2D eigenvalue weighted by Gasteiger charge is -2.32. The standard InChI is InChI=1S/C21H28ClN3OS/c1-14-11-15(2)20(16(3)12-14)23-21(26)17(4)25-9-7-24(8-10-25)13-18-5-6-19(22)27-18/h5-6,11-12,17H,7-10,13H2,1-4H3,(H,23,26)/p+2/t17-/m0/s1. The minimum atomic E-state index is -0.0390. The molecule has 2 heterocycles. The van der Waals surface area contributed by atoms with Gasteiger partial charge in [-0.25, -0.2) is 0 Å². The molecule has 146 valence electrons. The fraction of sp³-hybridized carbons (Fsp3) is 0.476. The molecule has 1 saturated heterocycles. The number of aryl methyl sites for hydroxylation is 3. The number of anilines is 1. The molecule has 0 bridgehead atoms. The van der Waals surface area contributed by atoms with Gasteiger partial charge in [0.15, 0.2) is 6.04 Å². The van der Waals surface area contributed by atoms with Crippen LogP contribution in [0.25, 0.3) is 0 Å². The number of hydrogen-bond acceptors (Lipinski definition) is 2. The number of rotatable bonds is 5. The van der Waals surface area contributed by atoms with Crippen molar-refractivity contribution < 1.29 is 14.6 Å². The first-order chi connectivity index (χ1) is 12.8. The van der Waals surface area contributed by atoms with Crippen LogP contribution in [0, 0.1) is 20.8 Å². The van der Waals surface area contributed by atoms with Crippen molar-refractivity contribution >= 4 is 34.5 Å². The van der Waals surface area contributed by atoms with Gasteiger partial charge in [-0.1, -0.05) is 29.3 Å². The second-order valence-electron chi connectivity index (χ2n) is 7.78. The average molecular weight is 408 g/mol. The summed E-state index contributed by atoms with van der Waals surface area (Å²) in [7, 11) is 0. The summed E-state index contributed by atoms with van der Waals surface area (Å²) in [6.07, 6.45) is 0. The fourth-order valence-electron chi connectivity index (χ4n) is 4.02. The van der Waals surface area contributed by atoms with Crippen LogP contribution >= 0.6 is 22.9 Å². The lowest BCUT2D eigenvalue weighted by Crippen LogP contribution is -3.29. The molecule has 1 aromatic heterocycles. The predicted molar refractivity (Wildman–Crippen MR) is 113 cm³/mol. The maximum atomic E-state index is 12.8. The number of benzene rings is 1. The molecule has 0 spiro atoms. The van der Waals surface area contributed by atoms with Crippen LogP contribution in [0.4, 0.5) is 5.69 Å². The Morgan fingerprint density at radius 3 is 2.33 bits per heavy atom. The number of piperazine rings is 1. The number of halogens is 1. The van der Waals surface area contributed by atoms with Gasteiger partial charge in [0.2, 0.25) is 0 Å². The Morgan fingerprint density at radius 2 is 1.78 bits per heavy atom. The number of quaternary nitrogens is 2. The molecule has 2 aromatic rings. The van der Waals surface area contributed by atoms with Gasteiger partial charge in [-0.15, -0.1) is 11.3 Å². The summed E-state index contributed by atoms with van der Waals surface area (Å²) < 4.78 is 0.862. The van der Waals surface area contributed by atoms with E-state index in [1.54, 1.807) is 16.2 Å². The molecular weight excluding hydrogens is 378 g/mol. The topological polar surface area (TPSA) is 38.0 Å². The molecule has 3 rings (SSSR count). The Bertz CT molecular complexity index is 789. The van der Waals surface area contributed by atoms with Crippen LogP contribution in [-0.2, 0) is 11.3 Å². The van der Waals surface area contributed by atoms with Crippen LogP contribution in [0.5, 0.6) is 0 Å². The molecule has 1 fully saturated rings. The van der Waals surface area contributed by atoms with Gasteiger partial charge in [0, 0.05) is 5.69 Å². The number of thiophene rings is 1. The Hall–Kier alpha value is -1.40. The van der Waals surface area contributed by atoms with Crippen LogP contribution in [0.3, 0.4) is 0 Å². The van der Waals surface area contributed by atoms with Crippen molar-refractivity contribution in [1.29, 1.82) is 0 Å². The molecule has 0 saturated carbocycles. The molecule has 4 nitrogen and oxygen atoms in total. The second-order valence-corrected chi connectivity index (χ2v) is 9.58. The van der Waals surface area contributed by atoms with Crippen molar-refractivity contribution in [3.05, 3.63) is 50.2 Å². The second kappa shape index (κ2) is 8.74. The third kappa shape index (κ3) is 5.11. The zero-order valence-electron chi connectivity index (χ0n) is 16.6. The number of nitrogens with one attached hydrogen (secondary N) is 3. The molecule has 0 radical (unpaired) electrons. The first kappa shape index (κ1) is 20.3. The molecule has 27 heavy (non-hydrogen) atoms. The summed E-state index contributed by atoms with van der Waals surface area (Å²) in [4.78, 5) is 17.1. The minimum absolute atomic E-state index is 0.0390. The van der Waals surface area contributed by atoms with Gasteiger partial charge in [0.1, 0.15) is 32.7 Å². The van der Waals surface area contributed by atoms with Gasteiger partial charge in [-0.3, -0.25) is 4.79 Å². The first-order valence-electron chi connectivity index (χ1n) is 9.64. The Balaban J connectivity index is 1.54. The lowest BCUT2D eigenvalue weighted by atomic mass is 10.0. The summed E-state index contributed by atoms with van der Waals surface area (Å²) in [6.45, 7) is 13.5. The maximum absolute atomic E-state index is 12.8. The van der Waals surface area contributed by atoms with Crippen LogP contribution in [-0.4, -0.2) is 38.1 Å². The smallest absolute Gasteiger partial charge is 0.282 e. The van der Waals surface area contributed by atoms with Gasteiger partial charge in [-0.2, -0.15) is 0 Å². The van der Waals surface area contributed by atoms with Crippen molar-refractivity contribution in [3.8, 4) is 0 Å². The van der Waals surface area contributed by atoms with Crippen molar-refractivity contribution in [2.75, 3.05) is 31.5 Å². The summed E-state index contributed by atoms with van der Waals surface area (Å²) in [5.41, 5.74) is 4.46. The Morgan fingerprint density at radius 1 is 1.15 bits per heavy atom. The third-order valence-corrected chi connectivity index (χ3v) is 6.81. The van der Waals surface area contributed by atoms with Gasteiger partial charge < -0.3 is 15.1 Å².